The highest BCUT2D eigenvalue weighted by Crippen LogP contribution is 2.23. The van der Waals surface area contributed by atoms with Gasteiger partial charge in [-0.15, -0.1) is 0 Å². The van der Waals surface area contributed by atoms with Crippen molar-refractivity contribution in [3.05, 3.63) is 78.2 Å². The van der Waals surface area contributed by atoms with E-state index in [1.807, 2.05) is 4.90 Å². The minimum Gasteiger partial charge on any atom is -0.504 e. The molecule has 1 aromatic heterocycles. The molecular formula is C22H21FN4O4S. The molecule has 0 aliphatic carbocycles. The number of anilines is 2. The van der Waals surface area contributed by atoms with Crippen molar-refractivity contribution in [2.75, 3.05) is 36.4 Å². The predicted octanol–water partition coefficient (Wildman–Crippen LogP) is 2.69. The van der Waals surface area contributed by atoms with Gasteiger partial charge in [0, 0.05) is 43.6 Å². The van der Waals surface area contributed by atoms with Crippen LogP contribution in [0.3, 0.4) is 0 Å². The maximum Gasteiger partial charge on any atom is 0.256 e. The third-order valence-electron chi connectivity index (χ3n) is 5.18. The maximum atomic E-state index is 13.1. The molecule has 0 atom stereocenters. The summed E-state index contributed by atoms with van der Waals surface area (Å²) in [5, 5.41) is 12.2. The van der Waals surface area contributed by atoms with Crippen LogP contribution < -0.4 is 10.2 Å². The van der Waals surface area contributed by atoms with Crippen molar-refractivity contribution in [2.45, 2.75) is 4.90 Å². The predicted molar refractivity (Wildman–Crippen MR) is 118 cm³/mol. The Kier molecular flexibility index (Phi) is 6.06. The van der Waals surface area contributed by atoms with Gasteiger partial charge in [0.1, 0.15) is 5.82 Å². The van der Waals surface area contributed by atoms with Crippen molar-refractivity contribution >= 4 is 27.4 Å². The Morgan fingerprint density at radius 3 is 2.41 bits per heavy atom. The highest BCUT2D eigenvalue weighted by molar-refractivity contribution is 7.89. The maximum absolute atomic E-state index is 13.1. The Morgan fingerprint density at radius 1 is 1.00 bits per heavy atom. The monoisotopic (exact) mass is 456 g/mol. The van der Waals surface area contributed by atoms with Gasteiger partial charge >= 0.3 is 0 Å². The Morgan fingerprint density at radius 2 is 1.72 bits per heavy atom. The number of sulfonamides is 1. The number of pyridine rings is 1. The first kappa shape index (κ1) is 21.7. The van der Waals surface area contributed by atoms with Gasteiger partial charge < -0.3 is 15.3 Å². The summed E-state index contributed by atoms with van der Waals surface area (Å²) in [4.78, 5) is 18.4. The molecule has 0 unspecified atom stereocenters. The van der Waals surface area contributed by atoms with Crippen LogP contribution in [-0.2, 0) is 10.0 Å². The number of rotatable bonds is 5. The standard InChI is InChI=1S/C22H21FN4O4S/c23-17-6-8-18(9-7-17)26-11-13-27(14-12-26)32(30,31)19-4-1-3-16(15-19)22(29)25-21-20(28)5-2-10-24-21/h1-10,15,28H,11-14H2,(H,24,25,29). The second kappa shape index (κ2) is 8.93. The largest absolute Gasteiger partial charge is 0.504 e. The second-order valence-electron chi connectivity index (χ2n) is 7.22. The molecule has 2 aromatic carbocycles. The van der Waals surface area contributed by atoms with E-state index >= 15 is 0 Å². The lowest BCUT2D eigenvalue weighted by atomic mass is 10.2. The van der Waals surface area contributed by atoms with Crippen LogP contribution in [0, 0.1) is 5.82 Å². The van der Waals surface area contributed by atoms with Gasteiger partial charge in [0.2, 0.25) is 10.0 Å². The van der Waals surface area contributed by atoms with E-state index in [4.69, 9.17) is 0 Å². The molecule has 1 saturated heterocycles. The minimum atomic E-state index is -3.81. The van der Waals surface area contributed by atoms with E-state index in [0.29, 0.717) is 13.1 Å². The van der Waals surface area contributed by atoms with Gasteiger partial charge in [-0.2, -0.15) is 4.31 Å². The van der Waals surface area contributed by atoms with Crippen LogP contribution in [0.5, 0.6) is 5.75 Å². The molecule has 3 aromatic rings. The smallest absolute Gasteiger partial charge is 0.256 e. The number of aromatic hydroxyl groups is 1. The van der Waals surface area contributed by atoms with Gasteiger partial charge in [-0.05, 0) is 54.6 Å². The first-order valence-electron chi connectivity index (χ1n) is 9.91. The molecule has 8 nitrogen and oxygen atoms in total. The number of hydrogen-bond acceptors (Lipinski definition) is 6. The van der Waals surface area contributed by atoms with Crippen molar-refractivity contribution in [1.82, 2.24) is 9.29 Å². The molecule has 0 spiro atoms. The lowest BCUT2D eigenvalue weighted by Crippen LogP contribution is -2.48. The molecule has 2 heterocycles. The molecule has 0 saturated carbocycles. The Labute approximate surface area is 185 Å². The molecule has 0 radical (unpaired) electrons. The molecule has 166 valence electrons. The number of benzene rings is 2. The van der Waals surface area contributed by atoms with Gasteiger partial charge in [-0.25, -0.2) is 17.8 Å². The fraction of sp³-hybridized carbons (Fsp3) is 0.182. The van der Waals surface area contributed by atoms with E-state index in [1.165, 1.54) is 59.0 Å². The highest BCUT2D eigenvalue weighted by atomic mass is 32.2. The lowest BCUT2D eigenvalue weighted by Gasteiger charge is -2.35. The number of piperazine rings is 1. The van der Waals surface area contributed by atoms with E-state index in [9.17, 15) is 22.7 Å². The summed E-state index contributed by atoms with van der Waals surface area (Å²) in [7, 11) is -3.81. The molecule has 0 bridgehead atoms. The fourth-order valence-electron chi connectivity index (χ4n) is 3.46. The molecule has 4 rings (SSSR count). The summed E-state index contributed by atoms with van der Waals surface area (Å²) < 4.78 is 40.8. The quantitative estimate of drug-likeness (QED) is 0.612. The van der Waals surface area contributed by atoms with Crippen LogP contribution in [0.1, 0.15) is 10.4 Å². The van der Waals surface area contributed by atoms with E-state index in [2.05, 4.69) is 10.3 Å². The topological polar surface area (TPSA) is 103 Å². The van der Waals surface area contributed by atoms with Gasteiger partial charge in [0.05, 0.1) is 4.90 Å². The number of halogens is 1. The third kappa shape index (κ3) is 4.56. The third-order valence-corrected chi connectivity index (χ3v) is 7.08. The fourth-order valence-corrected chi connectivity index (χ4v) is 4.93. The summed E-state index contributed by atoms with van der Waals surface area (Å²) >= 11 is 0. The number of carbonyl (C=O) groups excluding carboxylic acids is 1. The zero-order valence-electron chi connectivity index (χ0n) is 17.0. The Bertz CT molecular complexity index is 1230. The lowest BCUT2D eigenvalue weighted by molar-refractivity contribution is 0.102. The van der Waals surface area contributed by atoms with E-state index in [-0.39, 0.29) is 40.9 Å². The molecular weight excluding hydrogens is 435 g/mol. The van der Waals surface area contributed by atoms with Gasteiger partial charge in [-0.3, -0.25) is 4.79 Å². The number of nitrogens with zero attached hydrogens (tertiary/aromatic N) is 3. The molecule has 2 N–H and O–H groups in total. The average molecular weight is 456 g/mol. The van der Waals surface area contributed by atoms with Crippen molar-refractivity contribution in [3.8, 4) is 5.75 Å². The van der Waals surface area contributed by atoms with E-state index in [1.54, 1.807) is 12.1 Å². The van der Waals surface area contributed by atoms with Crippen LogP contribution in [-0.4, -0.2) is 54.9 Å². The zero-order chi connectivity index (χ0) is 22.7. The number of aromatic nitrogens is 1. The van der Waals surface area contributed by atoms with Crippen LogP contribution in [0.25, 0.3) is 0 Å². The number of amides is 1. The molecule has 10 heteroatoms. The molecule has 32 heavy (non-hydrogen) atoms. The van der Waals surface area contributed by atoms with Crippen molar-refractivity contribution in [2.24, 2.45) is 0 Å². The van der Waals surface area contributed by atoms with Crippen LogP contribution in [0.2, 0.25) is 0 Å². The number of nitrogens with one attached hydrogen (secondary N) is 1. The van der Waals surface area contributed by atoms with Gasteiger partial charge in [0.15, 0.2) is 11.6 Å². The summed E-state index contributed by atoms with van der Waals surface area (Å²) in [6.07, 6.45) is 1.42. The first-order chi connectivity index (χ1) is 15.3. The molecule has 1 fully saturated rings. The number of hydrogen-bond donors (Lipinski definition) is 2. The van der Waals surface area contributed by atoms with E-state index < -0.39 is 15.9 Å². The normalized spacial score (nSPS) is 14.8. The second-order valence-corrected chi connectivity index (χ2v) is 9.16. The van der Waals surface area contributed by atoms with Gasteiger partial charge in [0.25, 0.3) is 5.91 Å². The van der Waals surface area contributed by atoms with Crippen LogP contribution in [0.15, 0.2) is 71.8 Å². The Hall–Kier alpha value is -3.50. The summed E-state index contributed by atoms with van der Waals surface area (Å²) in [6, 6.07) is 14.7. The highest BCUT2D eigenvalue weighted by Gasteiger charge is 2.29. The van der Waals surface area contributed by atoms with Crippen molar-refractivity contribution in [3.63, 3.8) is 0 Å². The summed E-state index contributed by atoms with van der Waals surface area (Å²) in [6.45, 7) is 1.45. The van der Waals surface area contributed by atoms with Crippen LogP contribution in [0.4, 0.5) is 15.9 Å². The van der Waals surface area contributed by atoms with Crippen molar-refractivity contribution < 1.29 is 22.7 Å². The average Bonchev–Trinajstić information content (AvgIpc) is 2.81. The van der Waals surface area contributed by atoms with Crippen molar-refractivity contribution in [1.29, 1.82) is 0 Å². The Balaban J connectivity index is 1.47. The molecule has 1 amide bonds. The number of carbonyl (C=O) groups is 1. The van der Waals surface area contributed by atoms with Gasteiger partial charge in [-0.1, -0.05) is 6.07 Å². The SMILES string of the molecule is O=C(Nc1ncccc1O)c1cccc(S(=O)(=O)N2CCN(c3ccc(F)cc3)CC2)c1. The first-order valence-corrected chi connectivity index (χ1v) is 11.3. The summed E-state index contributed by atoms with van der Waals surface area (Å²) in [5.74, 6) is -1.11. The van der Waals surface area contributed by atoms with Crippen LogP contribution >= 0.6 is 0 Å². The minimum absolute atomic E-state index is 0.00521. The zero-order valence-corrected chi connectivity index (χ0v) is 17.8. The summed E-state index contributed by atoms with van der Waals surface area (Å²) in [5.41, 5.74) is 0.959. The molecule has 1 aliphatic heterocycles. The molecule has 1 aliphatic rings. The van der Waals surface area contributed by atoms with E-state index in [0.717, 1.165) is 5.69 Å².